The zero-order chi connectivity index (χ0) is 20.1. The second-order valence-electron chi connectivity index (χ2n) is 6.69. The van der Waals surface area contributed by atoms with E-state index in [9.17, 15) is 13.2 Å². The smallest absolute Gasteiger partial charge is 0.305 e. The molecule has 0 radical (unpaired) electrons. The quantitative estimate of drug-likeness (QED) is 0.572. The number of fused-ring (bicyclic) bond motifs is 1. The average molecular weight is 401 g/mol. The van der Waals surface area contributed by atoms with Crippen LogP contribution in [0.5, 0.6) is 0 Å². The van der Waals surface area contributed by atoms with Crippen molar-refractivity contribution in [2.24, 2.45) is 0 Å². The third kappa shape index (κ3) is 4.96. The minimum absolute atomic E-state index is 0.00247. The first-order valence-electron chi connectivity index (χ1n) is 8.99. The lowest BCUT2D eigenvalue weighted by atomic mass is 10.0. The van der Waals surface area contributed by atoms with Crippen LogP contribution in [0.3, 0.4) is 0 Å². The summed E-state index contributed by atoms with van der Waals surface area (Å²) in [5, 5.41) is 10.2. The summed E-state index contributed by atoms with van der Waals surface area (Å²) in [6.07, 6.45) is 5.76. The van der Waals surface area contributed by atoms with Crippen LogP contribution in [-0.4, -0.2) is 41.8 Å². The molecule has 0 amide bonds. The topological polar surface area (TPSA) is 101 Å². The SMILES string of the molecule is CS(=O)(=O)NCCc1c(Cc2cccnc2)c2ccccc2n1CCC(=O)O. The average Bonchev–Trinajstić information content (AvgIpc) is 2.93. The predicted molar refractivity (Wildman–Crippen MR) is 108 cm³/mol. The lowest BCUT2D eigenvalue weighted by Crippen LogP contribution is -2.25. The van der Waals surface area contributed by atoms with Gasteiger partial charge in [-0.15, -0.1) is 0 Å². The Hall–Kier alpha value is -2.71. The van der Waals surface area contributed by atoms with E-state index < -0.39 is 16.0 Å². The van der Waals surface area contributed by atoms with Crippen molar-refractivity contribution in [3.8, 4) is 0 Å². The number of pyridine rings is 1. The summed E-state index contributed by atoms with van der Waals surface area (Å²) in [5.74, 6) is -0.869. The Morgan fingerprint density at radius 1 is 1.21 bits per heavy atom. The van der Waals surface area contributed by atoms with Gasteiger partial charge in [0, 0.05) is 54.9 Å². The van der Waals surface area contributed by atoms with Gasteiger partial charge in [0.15, 0.2) is 0 Å². The molecule has 0 atom stereocenters. The fourth-order valence-corrected chi connectivity index (χ4v) is 3.91. The van der Waals surface area contributed by atoms with Crippen molar-refractivity contribution < 1.29 is 18.3 Å². The van der Waals surface area contributed by atoms with Crippen molar-refractivity contribution in [1.29, 1.82) is 0 Å². The fourth-order valence-electron chi connectivity index (χ4n) is 3.44. The van der Waals surface area contributed by atoms with E-state index in [0.717, 1.165) is 34.0 Å². The van der Waals surface area contributed by atoms with Crippen LogP contribution in [0.2, 0.25) is 0 Å². The highest BCUT2D eigenvalue weighted by Gasteiger charge is 2.18. The number of aryl methyl sites for hydroxylation is 1. The van der Waals surface area contributed by atoms with Gasteiger partial charge in [-0.05, 0) is 23.3 Å². The summed E-state index contributed by atoms with van der Waals surface area (Å²) in [6, 6.07) is 11.7. The van der Waals surface area contributed by atoms with Gasteiger partial charge in [0.05, 0.1) is 12.7 Å². The molecule has 0 aliphatic heterocycles. The third-order valence-corrected chi connectivity index (χ3v) is 5.30. The third-order valence-electron chi connectivity index (χ3n) is 4.57. The minimum Gasteiger partial charge on any atom is -0.481 e. The molecule has 0 fully saturated rings. The Bertz CT molecular complexity index is 1080. The molecule has 0 saturated carbocycles. The largest absolute Gasteiger partial charge is 0.481 e. The highest BCUT2D eigenvalue weighted by molar-refractivity contribution is 7.88. The van der Waals surface area contributed by atoms with Gasteiger partial charge in [0.1, 0.15) is 0 Å². The predicted octanol–water partition coefficient (Wildman–Crippen LogP) is 2.19. The summed E-state index contributed by atoms with van der Waals surface area (Å²) in [4.78, 5) is 15.3. The Labute approximate surface area is 164 Å². The maximum atomic E-state index is 11.5. The molecule has 28 heavy (non-hydrogen) atoms. The molecule has 2 heterocycles. The Kier molecular flexibility index (Phi) is 6.11. The van der Waals surface area contributed by atoms with Crippen LogP contribution in [-0.2, 0) is 34.2 Å². The number of nitrogens with zero attached hydrogens (tertiary/aromatic N) is 2. The normalized spacial score (nSPS) is 11.8. The molecule has 0 saturated heterocycles. The van der Waals surface area contributed by atoms with E-state index in [2.05, 4.69) is 9.71 Å². The minimum atomic E-state index is -3.30. The summed E-state index contributed by atoms with van der Waals surface area (Å²) >= 11 is 0. The molecule has 0 spiro atoms. The van der Waals surface area contributed by atoms with Crippen molar-refractivity contribution in [1.82, 2.24) is 14.3 Å². The van der Waals surface area contributed by atoms with E-state index in [1.54, 1.807) is 6.20 Å². The molecule has 0 bridgehead atoms. The van der Waals surface area contributed by atoms with Gasteiger partial charge in [0.2, 0.25) is 10.0 Å². The number of carboxylic acid groups (broad SMARTS) is 1. The molecule has 2 N–H and O–H groups in total. The molecular formula is C20H23N3O4S. The molecule has 0 aliphatic rings. The molecule has 3 rings (SSSR count). The van der Waals surface area contributed by atoms with Crippen molar-refractivity contribution in [2.75, 3.05) is 12.8 Å². The van der Waals surface area contributed by atoms with Gasteiger partial charge in [-0.3, -0.25) is 9.78 Å². The van der Waals surface area contributed by atoms with Crippen LogP contribution in [0.25, 0.3) is 10.9 Å². The number of carbonyl (C=O) groups is 1. The first-order valence-corrected chi connectivity index (χ1v) is 10.9. The zero-order valence-electron chi connectivity index (χ0n) is 15.6. The van der Waals surface area contributed by atoms with Crippen molar-refractivity contribution in [3.05, 3.63) is 65.6 Å². The number of hydrogen-bond acceptors (Lipinski definition) is 4. The molecule has 0 aliphatic carbocycles. The Balaban J connectivity index is 2.06. The molecule has 7 nitrogen and oxygen atoms in total. The summed E-state index contributed by atoms with van der Waals surface area (Å²) < 4.78 is 27.5. The molecule has 148 valence electrons. The highest BCUT2D eigenvalue weighted by atomic mass is 32.2. The molecule has 1 aromatic carbocycles. The fraction of sp³-hybridized carbons (Fsp3) is 0.300. The number of sulfonamides is 1. The lowest BCUT2D eigenvalue weighted by Gasteiger charge is -2.12. The number of hydrogen-bond donors (Lipinski definition) is 2. The maximum absolute atomic E-state index is 11.5. The summed E-state index contributed by atoms with van der Waals surface area (Å²) in [6.45, 7) is 0.583. The standard InChI is InChI=1S/C20H23N3O4S/c1-28(26,27)22-11-8-19-17(13-15-5-4-10-21-14-15)16-6-2-3-7-18(16)23(19)12-9-20(24)25/h2-7,10,14,22H,8-9,11-13H2,1H3,(H,24,25). The number of aromatic nitrogens is 2. The lowest BCUT2D eigenvalue weighted by molar-refractivity contribution is -0.137. The van der Waals surface area contributed by atoms with Crippen molar-refractivity contribution in [2.45, 2.75) is 25.8 Å². The van der Waals surface area contributed by atoms with Crippen LogP contribution in [0, 0.1) is 0 Å². The van der Waals surface area contributed by atoms with E-state index in [4.69, 9.17) is 5.11 Å². The first kappa shape index (κ1) is 20.0. The van der Waals surface area contributed by atoms with Gasteiger partial charge in [-0.1, -0.05) is 24.3 Å². The highest BCUT2D eigenvalue weighted by Crippen LogP contribution is 2.29. The second kappa shape index (κ2) is 8.53. The summed E-state index contributed by atoms with van der Waals surface area (Å²) in [5.41, 5.74) is 4.02. The monoisotopic (exact) mass is 401 g/mol. The van der Waals surface area contributed by atoms with E-state index in [1.807, 2.05) is 47.2 Å². The van der Waals surface area contributed by atoms with E-state index in [0.29, 0.717) is 19.4 Å². The number of rotatable bonds is 9. The summed E-state index contributed by atoms with van der Waals surface area (Å²) in [7, 11) is -3.30. The molecule has 2 aromatic heterocycles. The van der Waals surface area contributed by atoms with Gasteiger partial charge < -0.3 is 9.67 Å². The van der Waals surface area contributed by atoms with Crippen LogP contribution in [0.4, 0.5) is 0 Å². The van der Waals surface area contributed by atoms with Crippen LogP contribution in [0.15, 0.2) is 48.8 Å². The molecule has 8 heteroatoms. The first-order chi connectivity index (χ1) is 13.3. The van der Waals surface area contributed by atoms with Gasteiger partial charge >= 0.3 is 5.97 Å². The van der Waals surface area contributed by atoms with Gasteiger partial charge in [-0.25, -0.2) is 13.1 Å². The van der Waals surface area contributed by atoms with E-state index in [1.165, 1.54) is 0 Å². The van der Waals surface area contributed by atoms with Gasteiger partial charge in [-0.2, -0.15) is 0 Å². The number of aliphatic carboxylic acids is 1. The maximum Gasteiger partial charge on any atom is 0.305 e. The van der Waals surface area contributed by atoms with Crippen molar-refractivity contribution >= 4 is 26.9 Å². The molecule has 3 aromatic rings. The molecular weight excluding hydrogens is 378 g/mol. The zero-order valence-corrected chi connectivity index (χ0v) is 16.4. The van der Waals surface area contributed by atoms with Crippen LogP contribution in [0.1, 0.15) is 23.2 Å². The number of benzene rings is 1. The number of para-hydroxylation sites is 1. The molecule has 0 unspecified atom stereocenters. The van der Waals surface area contributed by atoms with E-state index in [-0.39, 0.29) is 13.0 Å². The number of nitrogens with one attached hydrogen (secondary N) is 1. The van der Waals surface area contributed by atoms with Crippen LogP contribution >= 0.6 is 0 Å². The second-order valence-corrected chi connectivity index (χ2v) is 8.53. The van der Waals surface area contributed by atoms with Crippen molar-refractivity contribution in [3.63, 3.8) is 0 Å². The van der Waals surface area contributed by atoms with Gasteiger partial charge in [0.25, 0.3) is 0 Å². The number of carboxylic acids is 1. The Morgan fingerprint density at radius 2 is 2.00 bits per heavy atom. The van der Waals surface area contributed by atoms with Crippen LogP contribution < -0.4 is 4.72 Å². The Morgan fingerprint density at radius 3 is 2.68 bits per heavy atom. The van der Waals surface area contributed by atoms with E-state index >= 15 is 0 Å².